The molecule has 2 heterocycles. The highest BCUT2D eigenvalue weighted by atomic mass is 16.6. The van der Waals surface area contributed by atoms with Crippen molar-refractivity contribution in [1.29, 1.82) is 0 Å². The maximum atomic E-state index is 13.1. The summed E-state index contributed by atoms with van der Waals surface area (Å²) >= 11 is 0. The number of likely N-dealkylation sites (tertiary alicyclic amines) is 2. The molecule has 2 fully saturated rings. The highest BCUT2D eigenvalue weighted by Crippen LogP contribution is 2.41. The van der Waals surface area contributed by atoms with E-state index in [0.29, 0.717) is 44.1 Å². The summed E-state index contributed by atoms with van der Waals surface area (Å²) < 4.78 is 11.4. The first-order chi connectivity index (χ1) is 16.1. The molecular weight excluding hydrogens is 432 g/mol. The number of ether oxygens (including phenoxy) is 2. The van der Waals surface area contributed by atoms with Crippen molar-refractivity contribution >= 4 is 12.0 Å². The third-order valence-electron chi connectivity index (χ3n) is 6.50. The molecule has 0 unspecified atom stereocenters. The molecule has 0 aliphatic carbocycles. The number of aromatic hydroxyl groups is 1. The van der Waals surface area contributed by atoms with E-state index in [4.69, 9.17) is 9.47 Å². The highest BCUT2D eigenvalue weighted by molar-refractivity contribution is 5.80. The predicted molar refractivity (Wildman–Crippen MR) is 129 cm³/mol. The van der Waals surface area contributed by atoms with Gasteiger partial charge in [0.25, 0.3) is 0 Å². The molecule has 2 aromatic rings. The van der Waals surface area contributed by atoms with Crippen LogP contribution in [0.3, 0.4) is 0 Å². The lowest BCUT2D eigenvalue weighted by atomic mass is 9.72. The zero-order valence-corrected chi connectivity index (χ0v) is 20.3. The van der Waals surface area contributed by atoms with E-state index in [-0.39, 0.29) is 29.6 Å². The maximum Gasteiger partial charge on any atom is 0.410 e. The minimum Gasteiger partial charge on any atom is -0.508 e. The molecule has 2 aliphatic heterocycles. The molecule has 182 valence electrons. The Balaban J connectivity index is 1.30. The Morgan fingerprint density at radius 2 is 1.68 bits per heavy atom. The Morgan fingerprint density at radius 3 is 2.32 bits per heavy atom. The topological polar surface area (TPSA) is 79.3 Å². The van der Waals surface area contributed by atoms with Crippen LogP contribution in [0.4, 0.5) is 4.79 Å². The molecule has 2 saturated heterocycles. The zero-order chi connectivity index (χ0) is 24.3. The number of benzene rings is 2. The van der Waals surface area contributed by atoms with Gasteiger partial charge in [-0.05, 0) is 57.4 Å². The van der Waals surface area contributed by atoms with Gasteiger partial charge in [-0.1, -0.05) is 30.3 Å². The predicted octanol–water partition coefficient (Wildman–Crippen LogP) is 4.37. The van der Waals surface area contributed by atoms with E-state index in [1.165, 1.54) is 0 Å². The first kappa shape index (κ1) is 23.9. The number of phenols is 1. The van der Waals surface area contributed by atoms with Crippen molar-refractivity contribution in [3.63, 3.8) is 0 Å². The fourth-order valence-corrected chi connectivity index (χ4v) is 4.62. The van der Waals surface area contributed by atoms with E-state index in [9.17, 15) is 14.7 Å². The number of nitrogens with zero attached hydrogens (tertiary/aromatic N) is 2. The molecule has 2 aliphatic rings. The van der Waals surface area contributed by atoms with E-state index in [1.807, 2.05) is 56.0 Å². The van der Waals surface area contributed by atoms with Gasteiger partial charge in [-0.25, -0.2) is 4.79 Å². The SMILES string of the molecule is CC(C)(C)OC(=O)N1CC2(CCN(C(=O)Cc3cc(O)ccc3OCc3ccccc3)CC2)C1. The fraction of sp³-hybridized carbons (Fsp3) is 0.481. The van der Waals surface area contributed by atoms with Crippen LogP contribution in [0, 0.1) is 5.41 Å². The Hall–Kier alpha value is -3.22. The standard InChI is InChI=1S/C27H34N2O5/c1-26(2,3)34-25(32)29-18-27(19-29)11-13-28(14-12-27)24(31)16-21-15-22(30)9-10-23(21)33-17-20-7-5-4-6-8-20/h4-10,15,30H,11-14,16-19H2,1-3H3. The molecule has 0 atom stereocenters. The Labute approximate surface area is 201 Å². The van der Waals surface area contributed by atoms with Crippen LogP contribution < -0.4 is 4.74 Å². The molecule has 34 heavy (non-hydrogen) atoms. The third-order valence-corrected chi connectivity index (χ3v) is 6.50. The van der Waals surface area contributed by atoms with Crippen LogP contribution in [-0.4, -0.2) is 58.7 Å². The van der Waals surface area contributed by atoms with Crippen LogP contribution in [0.2, 0.25) is 0 Å². The van der Waals surface area contributed by atoms with Crippen LogP contribution >= 0.6 is 0 Å². The second-order valence-corrected chi connectivity index (χ2v) is 10.5. The third kappa shape index (κ3) is 5.82. The van der Waals surface area contributed by atoms with Gasteiger partial charge in [-0.15, -0.1) is 0 Å². The number of hydrogen-bond donors (Lipinski definition) is 1. The molecule has 0 saturated carbocycles. The zero-order valence-electron chi connectivity index (χ0n) is 20.3. The second kappa shape index (κ2) is 9.57. The van der Waals surface area contributed by atoms with Crippen molar-refractivity contribution in [2.45, 2.75) is 52.2 Å². The van der Waals surface area contributed by atoms with E-state index >= 15 is 0 Å². The first-order valence-electron chi connectivity index (χ1n) is 11.9. The molecule has 0 radical (unpaired) electrons. The maximum absolute atomic E-state index is 13.1. The van der Waals surface area contributed by atoms with Crippen LogP contribution in [-0.2, 0) is 22.6 Å². The van der Waals surface area contributed by atoms with Crippen molar-refractivity contribution in [2.24, 2.45) is 5.41 Å². The number of carbonyl (C=O) groups excluding carboxylic acids is 2. The number of hydrogen-bond acceptors (Lipinski definition) is 5. The van der Waals surface area contributed by atoms with Gasteiger partial charge in [-0.3, -0.25) is 4.79 Å². The summed E-state index contributed by atoms with van der Waals surface area (Å²) in [5.74, 6) is 0.743. The molecule has 2 amide bonds. The van der Waals surface area contributed by atoms with Gasteiger partial charge in [0.15, 0.2) is 0 Å². The summed E-state index contributed by atoms with van der Waals surface area (Å²) in [6.07, 6.45) is 1.66. The van der Waals surface area contributed by atoms with E-state index < -0.39 is 5.60 Å². The van der Waals surface area contributed by atoms with E-state index in [1.54, 1.807) is 23.1 Å². The minimum atomic E-state index is -0.495. The number of amides is 2. The lowest BCUT2D eigenvalue weighted by Crippen LogP contribution is -2.62. The molecule has 7 heteroatoms. The molecule has 0 bridgehead atoms. The molecular formula is C27H34N2O5. The number of piperidine rings is 1. The lowest BCUT2D eigenvalue weighted by Gasteiger charge is -2.53. The quantitative estimate of drug-likeness (QED) is 0.708. The normalized spacial score (nSPS) is 17.3. The second-order valence-electron chi connectivity index (χ2n) is 10.5. The van der Waals surface area contributed by atoms with Crippen LogP contribution in [0.5, 0.6) is 11.5 Å². The summed E-state index contributed by atoms with van der Waals surface area (Å²) in [5, 5.41) is 9.97. The smallest absolute Gasteiger partial charge is 0.410 e. The Bertz CT molecular complexity index is 1020. The molecule has 0 aromatic heterocycles. The first-order valence-corrected chi connectivity index (χ1v) is 11.9. The number of carbonyl (C=O) groups is 2. The van der Waals surface area contributed by atoms with Crippen molar-refractivity contribution in [2.75, 3.05) is 26.2 Å². The van der Waals surface area contributed by atoms with Gasteiger partial charge in [0, 0.05) is 37.2 Å². The number of rotatable bonds is 5. The molecule has 7 nitrogen and oxygen atoms in total. The summed E-state index contributed by atoms with van der Waals surface area (Å²) in [6, 6.07) is 14.7. The molecule has 4 rings (SSSR count). The molecule has 1 spiro atoms. The average molecular weight is 467 g/mol. The van der Waals surface area contributed by atoms with Crippen molar-refractivity contribution in [1.82, 2.24) is 9.80 Å². The van der Waals surface area contributed by atoms with Gasteiger partial charge in [0.05, 0.1) is 6.42 Å². The highest BCUT2D eigenvalue weighted by Gasteiger charge is 2.48. The largest absolute Gasteiger partial charge is 0.508 e. The Morgan fingerprint density at radius 1 is 1.00 bits per heavy atom. The van der Waals surface area contributed by atoms with E-state index in [0.717, 1.165) is 18.4 Å². The Kier molecular flexibility index (Phi) is 6.73. The van der Waals surface area contributed by atoms with Gasteiger partial charge < -0.3 is 24.4 Å². The van der Waals surface area contributed by atoms with Crippen molar-refractivity contribution in [3.05, 3.63) is 59.7 Å². The summed E-state index contributed by atoms with van der Waals surface area (Å²) in [4.78, 5) is 28.9. The van der Waals surface area contributed by atoms with Gasteiger partial charge in [-0.2, -0.15) is 0 Å². The molecule has 2 aromatic carbocycles. The minimum absolute atomic E-state index is 0.0216. The monoisotopic (exact) mass is 466 g/mol. The lowest BCUT2D eigenvalue weighted by molar-refractivity contribution is -0.135. The van der Waals surface area contributed by atoms with Gasteiger partial charge >= 0.3 is 6.09 Å². The average Bonchev–Trinajstić information content (AvgIpc) is 2.76. The van der Waals surface area contributed by atoms with Crippen LogP contribution in [0.15, 0.2) is 48.5 Å². The van der Waals surface area contributed by atoms with E-state index in [2.05, 4.69) is 0 Å². The van der Waals surface area contributed by atoms with Crippen LogP contribution in [0.25, 0.3) is 0 Å². The summed E-state index contributed by atoms with van der Waals surface area (Å²) in [5.41, 5.74) is 1.31. The van der Waals surface area contributed by atoms with Gasteiger partial charge in [0.1, 0.15) is 23.7 Å². The summed E-state index contributed by atoms with van der Waals surface area (Å²) in [6.45, 7) is 8.72. The number of phenolic OH excluding ortho intramolecular Hbond substituents is 1. The fourth-order valence-electron chi connectivity index (χ4n) is 4.62. The van der Waals surface area contributed by atoms with Gasteiger partial charge in [0.2, 0.25) is 5.91 Å². The summed E-state index contributed by atoms with van der Waals surface area (Å²) in [7, 11) is 0. The molecule has 1 N–H and O–H groups in total. The van der Waals surface area contributed by atoms with Crippen molar-refractivity contribution in [3.8, 4) is 11.5 Å². The van der Waals surface area contributed by atoms with Crippen molar-refractivity contribution < 1.29 is 24.2 Å². The van der Waals surface area contributed by atoms with Crippen LogP contribution in [0.1, 0.15) is 44.7 Å².